The highest BCUT2D eigenvalue weighted by atomic mass is 16.2. The first-order valence-corrected chi connectivity index (χ1v) is 11.3. The first kappa shape index (κ1) is 19.6. The Bertz CT molecular complexity index is 940. The summed E-state index contributed by atoms with van der Waals surface area (Å²) >= 11 is 0. The van der Waals surface area contributed by atoms with E-state index in [1.165, 1.54) is 5.56 Å². The number of nitriles is 1. The predicted octanol–water partition coefficient (Wildman–Crippen LogP) is 5.28. The summed E-state index contributed by atoms with van der Waals surface area (Å²) in [5, 5.41) is 23.3. The second kappa shape index (κ2) is 6.57. The molecule has 3 atom stereocenters. The Balaban J connectivity index is 1.43. The molecule has 2 aliphatic heterocycles. The topological polar surface area (TPSA) is 82.1 Å². The Morgan fingerprint density at radius 1 is 1.27 bits per heavy atom. The zero-order chi connectivity index (χ0) is 21.3. The van der Waals surface area contributed by atoms with Crippen molar-refractivity contribution in [2.24, 2.45) is 16.7 Å². The number of nitrogens with one attached hydrogen (secondary N) is 1. The highest BCUT2D eigenvalue weighted by Crippen LogP contribution is 2.61. The standard InChI is InChI=1S/C25H31N4O/c1-15(22(27)21-19(16-7-8-16)5-4-6-20(21)28-3)23(30)29-17-9-24(2)10-18(29)12-25(11-17,13-24)14-26/h4-6,15-18H,7-13H2,1-3H3,(H-,27,28)/q-1. The van der Waals surface area contributed by atoms with Gasteiger partial charge < -0.3 is 15.6 Å². The number of nitrogens with zero attached hydrogens (tertiary/aromatic N) is 3. The molecule has 158 valence electrons. The zero-order valence-electron chi connectivity index (χ0n) is 18.2. The molecule has 1 aromatic carbocycles. The van der Waals surface area contributed by atoms with E-state index in [4.69, 9.17) is 5.41 Å². The molecule has 0 spiro atoms. The first-order chi connectivity index (χ1) is 14.3. The minimum absolute atomic E-state index is 0.0677. The lowest BCUT2D eigenvalue weighted by Gasteiger charge is -2.63. The van der Waals surface area contributed by atoms with Gasteiger partial charge in [-0.1, -0.05) is 25.1 Å². The Labute approximate surface area is 179 Å². The molecular weight excluding hydrogens is 372 g/mol. The summed E-state index contributed by atoms with van der Waals surface area (Å²) < 4.78 is 0. The van der Waals surface area contributed by atoms with E-state index in [9.17, 15) is 10.1 Å². The van der Waals surface area contributed by atoms with Crippen LogP contribution in [0.25, 0.3) is 5.32 Å². The van der Waals surface area contributed by atoms with Gasteiger partial charge in [-0.05, 0) is 74.3 Å². The fraction of sp³-hybridized carbons (Fsp3) is 0.640. The minimum Gasteiger partial charge on any atom is -0.686 e. The molecule has 3 unspecified atom stereocenters. The van der Waals surface area contributed by atoms with Crippen LogP contribution in [0.2, 0.25) is 0 Å². The molecule has 5 heteroatoms. The number of piperidine rings is 2. The largest absolute Gasteiger partial charge is 0.686 e. The molecular formula is C25H31N4O-. The van der Waals surface area contributed by atoms with E-state index in [0.29, 0.717) is 11.6 Å². The summed E-state index contributed by atoms with van der Waals surface area (Å²) in [6, 6.07) is 8.99. The maximum absolute atomic E-state index is 13.7. The lowest BCUT2D eigenvalue weighted by Crippen LogP contribution is -2.66. The summed E-state index contributed by atoms with van der Waals surface area (Å²) in [5.74, 6) is 0.0770. The third kappa shape index (κ3) is 2.87. The lowest BCUT2D eigenvalue weighted by molar-refractivity contribution is -0.164. The normalized spacial score (nSPS) is 35.1. The summed E-state index contributed by atoms with van der Waals surface area (Å²) in [7, 11) is 1.76. The van der Waals surface area contributed by atoms with Crippen molar-refractivity contribution in [1.29, 1.82) is 10.7 Å². The Morgan fingerprint density at radius 3 is 2.50 bits per heavy atom. The molecule has 2 heterocycles. The molecule has 1 aromatic rings. The third-order valence-corrected chi connectivity index (χ3v) is 8.16. The fourth-order valence-electron chi connectivity index (χ4n) is 6.97. The van der Waals surface area contributed by atoms with Crippen LogP contribution < -0.4 is 0 Å². The number of carbonyl (C=O) groups is 1. The number of amides is 1. The average Bonchev–Trinajstić information content (AvgIpc) is 3.55. The quantitative estimate of drug-likeness (QED) is 0.679. The van der Waals surface area contributed by atoms with Gasteiger partial charge in [-0.2, -0.15) is 5.26 Å². The summed E-state index contributed by atoms with van der Waals surface area (Å²) in [5.41, 5.74) is 3.20. The molecule has 5 fully saturated rings. The Hall–Kier alpha value is -2.35. The lowest BCUT2D eigenvalue weighted by atomic mass is 9.50. The highest BCUT2D eigenvalue weighted by molar-refractivity contribution is 6.15. The second-order valence-electron chi connectivity index (χ2n) is 10.6. The number of hydrogen-bond donors (Lipinski definition) is 1. The van der Waals surface area contributed by atoms with Crippen LogP contribution in [-0.2, 0) is 4.79 Å². The number of benzene rings is 1. The average molecular weight is 404 g/mol. The minimum atomic E-state index is -0.492. The molecule has 0 aromatic heterocycles. The van der Waals surface area contributed by atoms with Gasteiger partial charge in [0.05, 0.1) is 17.4 Å². The molecule has 1 N–H and O–H groups in total. The van der Waals surface area contributed by atoms with Crippen LogP contribution in [0.4, 0.5) is 5.69 Å². The van der Waals surface area contributed by atoms with Crippen molar-refractivity contribution in [2.45, 2.75) is 76.8 Å². The van der Waals surface area contributed by atoms with Crippen molar-refractivity contribution in [3.8, 4) is 6.07 Å². The van der Waals surface area contributed by atoms with Crippen molar-refractivity contribution < 1.29 is 4.79 Å². The summed E-state index contributed by atoms with van der Waals surface area (Å²) in [4.78, 5) is 15.8. The van der Waals surface area contributed by atoms with Crippen LogP contribution in [0, 0.1) is 33.5 Å². The fourth-order valence-corrected chi connectivity index (χ4v) is 6.97. The van der Waals surface area contributed by atoms with E-state index < -0.39 is 5.92 Å². The van der Waals surface area contributed by atoms with Gasteiger partial charge in [0.25, 0.3) is 0 Å². The number of rotatable bonds is 5. The van der Waals surface area contributed by atoms with Crippen molar-refractivity contribution in [1.82, 2.24) is 4.90 Å². The second-order valence-corrected chi connectivity index (χ2v) is 10.6. The molecule has 3 saturated carbocycles. The molecule has 5 nitrogen and oxygen atoms in total. The van der Waals surface area contributed by atoms with Crippen molar-refractivity contribution in [3.05, 3.63) is 34.6 Å². The van der Waals surface area contributed by atoms with Crippen LogP contribution in [0.15, 0.2) is 18.2 Å². The maximum atomic E-state index is 13.7. The molecule has 2 saturated heterocycles. The van der Waals surface area contributed by atoms with Crippen molar-refractivity contribution in [2.75, 3.05) is 7.05 Å². The van der Waals surface area contributed by atoms with Gasteiger partial charge in [-0.3, -0.25) is 4.79 Å². The molecule has 6 rings (SSSR count). The molecule has 4 bridgehead atoms. The van der Waals surface area contributed by atoms with Gasteiger partial charge in [0.2, 0.25) is 5.91 Å². The maximum Gasteiger partial charge on any atom is 0.231 e. The zero-order valence-corrected chi connectivity index (χ0v) is 18.2. The first-order valence-electron chi connectivity index (χ1n) is 11.3. The van der Waals surface area contributed by atoms with Crippen molar-refractivity contribution in [3.63, 3.8) is 0 Å². The van der Waals surface area contributed by atoms with Gasteiger partial charge >= 0.3 is 0 Å². The van der Waals surface area contributed by atoms with Crippen LogP contribution in [0.1, 0.15) is 75.8 Å². The van der Waals surface area contributed by atoms with Gasteiger partial charge in [0.15, 0.2) is 0 Å². The summed E-state index contributed by atoms with van der Waals surface area (Å²) in [6.45, 7) is 4.19. The molecule has 0 radical (unpaired) electrons. The van der Waals surface area contributed by atoms with Gasteiger partial charge in [0, 0.05) is 17.8 Å². The van der Waals surface area contributed by atoms with E-state index in [-0.39, 0.29) is 28.8 Å². The number of hydrogen-bond acceptors (Lipinski definition) is 3. The van der Waals surface area contributed by atoms with Crippen LogP contribution >= 0.6 is 0 Å². The molecule has 5 aliphatic rings. The van der Waals surface area contributed by atoms with E-state index in [1.807, 2.05) is 19.1 Å². The van der Waals surface area contributed by atoms with Gasteiger partial charge in [0.1, 0.15) is 0 Å². The van der Waals surface area contributed by atoms with E-state index in [2.05, 4.69) is 29.3 Å². The highest BCUT2D eigenvalue weighted by Gasteiger charge is 2.60. The van der Waals surface area contributed by atoms with Crippen LogP contribution in [0.3, 0.4) is 0 Å². The smallest absolute Gasteiger partial charge is 0.231 e. The molecule has 3 aliphatic carbocycles. The molecule has 1 amide bonds. The van der Waals surface area contributed by atoms with Gasteiger partial charge in [-0.15, -0.1) is 12.7 Å². The number of carbonyl (C=O) groups excluding carboxylic acids is 1. The van der Waals surface area contributed by atoms with E-state index >= 15 is 0 Å². The predicted molar refractivity (Wildman–Crippen MR) is 117 cm³/mol. The Kier molecular flexibility index (Phi) is 4.29. The van der Waals surface area contributed by atoms with Crippen LogP contribution in [0.5, 0.6) is 0 Å². The van der Waals surface area contributed by atoms with E-state index in [1.54, 1.807) is 7.05 Å². The third-order valence-electron chi connectivity index (χ3n) is 8.16. The monoisotopic (exact) mass is 403 g/mol. The van der Waals surface area contributed by atoms with Gasteiger partial charge in [-0.25, -0.2) is 0 Å². The molecule has 30 heavy (non-hydrogen) atoms. The van der Waals surface area contributed by atoms with E-state index in [0.717, 1.165) is 56.2 Å². The summed E-state index contributed by atoms with van der Waals surface area (Å²) in [6.07, 6.45) is 6.87. The SMILES string of the molecule is C[N-]c1cccc(C2CC2)c1C(=N)C(C)C(=O)N1C2CC3(C)CC1CC(C#N)(C2)C3. The van der Waals surface area contributed by atoms with Crippen molar-refractivity contribution >= 4 is 17.3 Å². The Morgan fingerprint density at radius 2 is 1.93 bits per heavy atom. The van der Waals surface area contributed by atoms with Crippen LogP contribution in [-0.4, -0.2) is 35.7 Å².